The van der Waals surface area contributed by atoms with Crippen LogP contribution in [0.25, 0.3) is 0 Å². The number of halogens is 1. The fraction of sp³-hybridized carbons (Fsp3) is 0.214. The average Bonchev–Trinajstić information content (AvgIpc) is 2.54. The molecular weight excluding hydrogens is 308 g/mol. The third kappa shape index (κ3) is 3.63. The van der Waals surface area contributed by atoms with E-state index in [1.54, 1.807) is 6.92 Å². The molecule has 0 aliphatic rings. The van der Waals surface area contributed by atoms with Crippen LogP contribution in [0.1, 0.15) is 11.3 Å². The van der Waals surface area contributed by atoms with Crippen LogP contribution in [0.2, 0.25) is 5.15 Å². The number of anilines is 1. The molecule has 2 rings (SSSR count). The zero-order valence-corrected chi connectivity index (χ0v) is 12.6. The molecule has 0 aliphatic carbocycles. The molecule has 1 aromatic carbocycles. The molecule has 3 N–H and O–H groups in total. The maximum Gasteiger partial charge on any atom is 0.326 e. The molecule has 0 unspecified atom stereocenters. The number of hydrogen-bond donors (Lipinski definition) is 2. The summed E-state index contributed by atoms with van der Waals surface area (Å²) < 4.78 is 6.31. The summed E-state index contributed by atoms with van der Waals surface area (Å²) in [6.45, 7) is 1.45. The molecule has 0 aliphatic heterocycles. The average molecular weight is 323 g/mol. The zero-order chi connectivity index (χ0) is 16.1. The lowest BCUT2D eigenvalue weighted by atomic mass is 10.2. The molecular formula is C14H15ClN4O3. The van der Waals surface area contributed by atoms with Gasteiger partial charge >= 0.3 is 5.97 Å². The van der Waals surface area contributed by atoms with Gasteiger partial charge in [0.15, 0.2) is 5.15 Å². The van der Waals surface area contributed by atoms with Gasteiger partial charge in [0.1, 0.15) is 13.2 Å². The second kappa shape index (κ2) is 7.06. The molecule has 0 bridgehead atoms. The molecule has 8 heteroatoms. The van der Waals surface area contributed by atoms with E-state index in [0.29, 0.717) is 5.69 Å². The Bertz CT molecular complexity index is 731. The summed E-state index contributed by atoms with van der Waals surface area (Å²) in [4.78, 5) is 27.8. The molecule has 2 aromatic rings. The Morgan fingerprint density at radius 2 is 2.09 bits per heavy atom. The second-order valence-electron chi connectivity index (χ2n) is 4.52. The van der Waals surface area contributed by atoms with Gasteiger partial charge in [-0.3, -0.25) is 14.2 Å². The quantitative estimate of drug-likeness (QED) is 0.488. The van der Waals surface area contributed by atoms with Crippen molar-refractivity contribution >= 4 is 23.4 Å². The molecule has 1 aromatic heterocycles. The summed E-state index contributed by atoms with van der Waals surface area (Å²) in [6, 6.07) is 9.24. The van der Waals surface area contributed by atoms with Crippen LogP contribution in [-0.2, 0) is 22.7 Å². The fourth-order valence-electron chi connectivity index (χ4n) is 1.82. The Hall–Kier alpha value is -2.38. The maximum atomic E-state index is 12.1. The van der Waals surface area contributed by atoms with Gasteiger partial charge in [0.25, 0.3) is 5.56 Å². The molecule has 0 amide bonds. The van der Waals surface area contributed by atoms with E-state index in [2.05, 4.69) is 10.4 Å². The van der Waals surface area contributed by atoms with Crippen molar-refractivity contribution in [1.29, 1.82) is 0 Å². The maximum absolute atomic E-state index is 12.1. The van der Waals surface area contributed by atoms with Gasteiger partial charge in [-0.25, -0.2) is 10.8 Å². The van der Waals surface area contributed by atoms with Crippen molar-refractivity contribution in [2.75, 3.05) is 5.43 Å². The predicted octanol–water partition coefficient (Wildman–Crippen LogP) is 1.23. The molecule has 0 saturated heterocycles. The number of ether oxygens (including phenoxy) is 1. The molecule has 0 radical (unpaired) electrons. The number of nitrogens with one attached hydrogen (secondary N) is 1. The van der Waals surface area contributed by atoms with Crippen LogP contribution in [0.5, 0.6) is 0 Å². The molecule has 0 atom stereocenters. The van der Waals surface area contributed by atoms with E-state index < -0.39 is 11.5 Å². The summed E-state index contributed by atoms with van der Waals surface area (Å²) in [5.41, 5.74) is 2.83. The van der Waals surface area contributed by atoms with E-state index in [1.165, 1.54) is 0 Å². The predicted molar refractivity (Wildman–Crippen MR) is 82.3 cm³/mol. The first-order chi connectivity index (χ1) is 10.5. The van der Waals surface area contributed by atoms with Gasteiger partial charge in [-0.15, -0.1) is 0 Å². The number of carbonyl (C=O) groups is 1. The highest BCUT2D eigenvalue weighted by molar-refractivity contribution is 6.30. The van der Waals surface area contributed by atoms with Gasteiger partial charge in [-0.05, 0) is 12.5 Å². The third-order valence-corrected chi connectivity index (χ3v) is 3.39. The molecule has 22 heavy (non-hydrogen) atoms. The summed E-state index contributed by atoms with van der Waals surface area (Å²) in [5, 5.41) is 0.0865. The van der Waals surface area contributed by atoms with Gasteiger partial charge in [-0.1, -0.05) is 41.9 Å². The van der Waals surface area contributed by atoms with Crippen LogP contribution in [-0.4, -0.2) is 15.5 Å². The van der Waals surface area contributed by atoms with E-state index in [4.69, 9.17) is 22.2 Å². The number of hydrazine groups is 1. The summed E-state index contributed by atoms with van der Waals surface area (Å²) in [7, 11) is 0. The first kappa shape index (κ1) is 16.0. The van der Waals surface area contributed by atoms with Crippen LogP contribution in [0.4, 0.5) is 5.82 Å². The first-order valence-corrected chi connectivity index (χ1v) is 6.84. The number of rotatable bonds is 5. The number of nitrogens with zero attached hydrogens (tertiary/aromatic N) is 2. The Morgan fingerprint density at radius 3 is 2.73 bits per heavy atom. The highest BCUT2D eigenvalue weighted by Crippen LogP contribution is 2.12. The molecule has 0 fully saturated rings. The SMILES string of the molecule is Cc1c(Cl)nc(NN)c(=O)n1CC(=O)OCc1ccccc1. The monoisotopic (exact) mass is 322 g/mol. The van der Waals surface area contributed by atoms with Crippen molar-refractivity contribution in [1.82, 2.24) is 9.55 Å². The number of benzene rings is 1. The van der Waals surface area contributed by atoms with Crippen LogP contribution < -0.4 is 16.8 Å². The first-order valence-electron chi connectivity index (χ1n) is 6.46. The third-order valence-electron chi connectivity index (χ3n) is 3.03. The van der Waals surface area contributed by atoms with Crippen LogP contribution in [0, 0.1) is 6.92 Å². The molecule has 0 spiro atoms. The van der Waals surface area contributed by atoms with Crippen molar-refractivity contribution in [3.63, 3.8) is 0 Å². The lowest BCUT2D eigenvalue weighted by Gasteiger charge is -2.12. The van der Waals surface area contributed by atoms with Gasteiger partial charge in [0.05, 0.1) is 5.69 Å². The number of nitrogens with two attached hydrogens (primary N) is 1. The number of carbonyl (C=O) groups excluding carboxylic acids is 1. The highest BCUT2D eigenvalue weighted by atomic mass is 35.5. The van der Waals surface area contributed by atoms with E-state index in [1.807, 2.05) is 30.3 Å². The Morgan fingerprint density at radius 1 is 1.41 bits per heavy atom. The fourth-order valence-corrected chi connectivity index (χ4v) is 2.00. The number of aromatic nitrogens is 2. The summed E-state index contributed by atoms with van der Waals surface area (Å²) >= 11 is 5.91. The van der Waals surface area contributed by atoms with Gasteiger partial charge < -0.3 is 10.2 Å². The normalized spacial score (nSPS) is 10.3. The molecule has 7 nitrogen and oxygen atoms in total. The van der Waals surface area contributed by atoms with E-state index in [-0.39, 0.29) is 24.1 Å². The van der Waals surface area contributed by atoms with Crippen LogP contribution >= 0.6 is 11.6 Å². The highest BCUT2D eigenvalue weighted by Gasteiger charge is 2.15. The lowest BCUT2D eigenvalue weighted by Crippen LogP contribution is -2.31. The van der Waals surface area contributed by atoms with Gasteiger partial charge in [-0.2, -0.15) is 0 Å². The minimum absolute atomic E-state index is 0.0865. The standard InChI is InChI=1S/C14H15ClN4O3/c1-9-12(15)17-13(18-16)14(21)19(9)7-11(20)22-8-10-5-3-2-4-6-10/h2-6H,7-8,16H2,1H3,(H,17,18). The lowest BCUT2D eigenvalue weighted by molar-refractivity contribution is -0.145. The Kier molecular flexibility index (Phi) is 5.13. The van der Waals surface area contributed by atoms with E-state index >= 15 is 0 Å². The van der Waals surface area contributed by atoms with Crippen LogP contribution in [0.15, 0.2) is 35.1 Å². The largest absolute Gasteiger partial charge is 0.459 e. The van der Waals surface area contributed by atoms with Crippen molar-refractivity contribution in [2.45, 2.75) is 20.1 Å². The second-order valence-corrected chi connectivity index (χ2v) is 4.88. The van der Waals surface area contributed by atoms with Gasteiger partial charge in [0.2, 0.25) is 5.82 Å². The van der Waals surface area contributed by atoms with Crippen molar-refractivity contribution < 1.29 is 9.53 Å². The van der Waals surface area contributed by atoms with Crippen molar-refractivity contribution in [3.8, 4) is 0 Å². The minimum Gasteiger partial charge on any atom is -0.459 e. The minimum atomic E-state index is -0.556. The smallest absolute Gasteiger partial charge is 0.326 e. The van der Waals surface area contributed by atoms with E-state index in [0.717, 1.165) is 10.1 Å². The van der Waals surface area contributed by atoms with E-state index in [9.17, 15) is 9.59 Å². The Labute approximate surface area is 131 Å². The summed E-state index contributed by atoms with van der Waals surface area (Å²) in [5.74, 6) is 4.51. The topological polar surface area (TPSA) is 99.2 Å². The molecule has 0 saturated carbocycles. The number of esters is 1. The number of nitrogen functional groups attached to an aromatic ring is 1. The van der Waals surface area contributed by atoms with Gasteiger partial charge in [0, 0.05) is 0 Å². The summed E-state index contributed by atoms with van der Waals surface area (Å²) in [6.07, 6.45) is 0. The Balaban J connectivity index is 2.12. The molecule has 116 valence electrons. The van der Waals surface area contributed by atoms with Crippen molar-refractivity contribution in [2.24, 2.45) is 5.84 Å². The van der Waals surface area contributed by atoms with Crippen LogP contribution in [0.3, 0.4) is 0 Å². The number of hydrogen-bond acceptors (Lipinski definition) is 6. The van der Waals surface area contributed by atoms with Crippen molar-refractivity contribution in [3.05, 3.63) is 57.1 Å². The zero-order valence-electron chi connectivity index (χ0n) is 11.9. The molecule has 1 heterocycles.